The number of carbonyl (C=O) groups excluding carboxylic acids is 1. The number of anilines is 1. The number of hydrogen-bond donors (Lipinski definition) is 1. The van der Waals surface area contributed by atoms with Gasteiger partial charge in [0.15, 0.2) is 5.69 Å². The minimum Gasteiger partial charge on any atom is -0.461 e. The molecular weight excluding hydrogens is 182 g/mol. The predicted molar refractivity (Wildman–Crippen MR) is 51.3 cm³/mol. The van der Waals surface area contributed by atoms with Crippen molar-refractivity contribution in [2.75, 3.05) is 18.5 Å². The minimum atomic E-state index is -0.351. The summed E-state index contributed by atoms with van der Waals surface area (Å²) < 4.78 is 6.84. The molecule has 0 radical (unpaired) electrons. The van der Waals surface area contributed by atoms with Crippen LogP contribution in [0.25, 0.3) is 0 Å². The number of aryl methyl sites for hydroxylation is 1. The first-order valence-corrected chi connectivity index (χ1v) is 4.79. The molecule has 1 aromatic heterocycles. The number of aromatic nitrogens is 2. The highest BCUT2D eigenvalue weighted by atomic mass is 16.5. The summed E-state index contributed by atoms with van der Waals surface area (Å²) in [7, 11) is 0. The van der Waals surface area contributed by atoms with Crippen LogP contribution in [0.4, 0.5) is 5.82 Å². The molecule has 0 saturated carbocycles. The standard InChI is InChI=1S/C9H13N3O2/c1-2-14-9(13)7-8-10-4-3-5-12(8)6-11-7/h6,10H,2-5H2,1H3. The summed E-state index contributed by atoms with van der Waals surface area (Å²) in [6.07, 6.45) is 2.74. The van der Waals surface area contributed by atoms with Gasteiger partial charge in [-0.3, -0.25) is 0 Å². The summed E-state index contributed by atoms with van der Waals surface area (Å²) in [6, 6.07) is 0. The Labute approximate surface area is 82.1 Å². The molecule has 76 valence electrons. The number of esters is 1. The molecule has 5 heteroatoms. The third-order valence-electron chi connectivity index (χ3n) is 2.17. The second kappa shape index (κ2) is 3.69. The van der Waals surface area contributed by atoms with Crippen LogP contribution in [0.1, 0.15) is 23.8 Å². The van der Waals surface area contributed by atoms with Gasteiger partial charge in [0.2, 0.25) is 0 Å². The Morgan fingerprint density at radius 3 is 3.43 bits per heavy atom. The lowest BCUT2D eigenvalue weighted by Crippen LogP contribution is -2.18. The molecular formula is C9H13N3O2. The van der Waals surface area contributed by atoms with Crippen molar-refractivity contribution in [3.63, 3.8) is 0 Å². The fourth-order valence-electron chi connectivity index (χ4n) is 1.54. The van der Waals surface area contributed by atoms with Gasteiger partial charge in [-0.2, -0.15) is 0 Å². The van der Waals surface area contributed by atoms with E-state index >= 15 is 0 Å². The van der Waals surface area contributed by atoms with Crippen molar-refractivity contribution in [3.8, 4) is 0 Å². The van der Waals surface area contributed by atoms with Crippen molar-refractivity contribution in [1.29, 1.82) is 0 Å². The largest absolute Gasteiger partial charge is 0.461 e. The summed E-state index contributed by atoms with van der Waals surface area (Å²) in [5.74, 6) is 0.436. The lowest BCUT2D eigenvalue weighted by atomic mass is 10.3. The van der Waals surface area contributed by atoms with Crippen molar-refractivity contribution in [1.82, 2.24) is 9.55 Å². The first-order chi connectivity index (χ1) is 6.83. The van der Waals surface area contributed by atoms with E-state index in [0.717, 1.165) is 25.3 Å². The average Bonchev–Trinajstić information content (AvgIpc) is 2.61. The predicted octanol–water partition coefficient (Wildman–Crippen LogP) is 0.875. The number of fused-ring (bicyclic) bond motifs is 1. The zero-order chi connectivity index (χ0) is 9.97. The Kier molecular flexibility index (Phi) is 2.39. The van der Waals surface area contributed by atoms with Crippen LogP contribution in [-0.4, -0.2) is 28.7 Å². The molecule has 1 aromatic rings. The molecule has 14 heavy (non-hydrogen) atoms. The van der Waals surface area contributed by atoms with Gasteiger partial charge in [-0.05, 0) is 13.3 Å². The lowest BCUT2D eigenvalue weighted by molar-refractivity contribution is 0.0521. The van der Waals surface area contributed by atoms with Crippen molar-refractivity contribution in [2.45, 2.75) is 19.9 Å². The van der Waals surface area contributed by atoms with Crippen LogP contribution in [0.5, 0.6) is 0 Å². The molecule has 1 aliphatic heterocycles. The fraction of sp³-hybridized carbons (Fsp3) is 0.556. The number of ether oxygens (including phenoxy) is 1. The third kappa shape index (κ3) is 1.45. The number of carbonyl (C=O) groups is 1. The van der Waals surface area contributed by atoms with E-state index in [4.69, 9.17) is 4.74 Å². The molecule has 0 aliphatic carbocycles. The molecule has 0 spiro atoms. The van der Waals surface area contributed by atoms with Crippen LogP contribution in [0.2, 0.25) is 0 Å². The molecule has 0 amide bonds. The van der Waals surface area contributed by atoms with Crippen LogP contribution in [0.15, 0.2) is 6.33 Å². The van der Waals surface area contributed by atoms with Crippen LogP contribution in [0, 0.1) is 0 Å². The van der Waals surface area contributed by atoms with E-state index in [-0.39, 0.29) is 5.97 Å². The summed E-state index contributed by atoms with van der Waals surface area (Å²) >= 11 is 0. The third-order valence-corrected chi connectivity index (χ3v) is 2.17. The minimum absolute atomic E-state index is 0.351. The quantitative estimate of drug-likeness (QED) is 0.711. The molecule has 0 fully saturated rings. The Balaban J connectivity index is 2.25. The van der Waals surface area contributed by atoms with Crippen LogP contribution >= 0.6 is 0 Å². The second-order valence-corrected chi connectivity index (χ2v) is 3.14. The highest BCUT2D eigenvalue weighted by Gasteiger charge is 2.20. The van der Waals surface area contributed by atoms with Crippen molar-refractivity contribution in [3.05, 3.63) is 12.0 Å². The molecule has 2 heterocycles. The average molecular weight is 195 g/mol. The van der Waals surface area contributed by atoms with Gasteiger partial charge in [-0.1, -0.05) is 0 Å². The first-order valence-electron chi connectivity index (χ1n) is 4.79. The van der Waals surface area contributed by atoms with E-state index in [1.54, 1.807) is 13.3 Å². The van der Waals surface area contributed by atoms with Crippen LogP contribution in [-0.2, 0) is 11.3 Å². The Hall–Kier alpha value is -1.52. The zero-order valence-corrected chi connectivity index (χ0v) is 8.12. The van der Waals surface area contributed by atoms with E-state index < -0.39 is 0 Å². The van der Waals surface area contributed by atoms with E-state index in [0.29, 0.717) is 12.3 Å². The van der Waals surface area contributed by atoms with Gasteiger partial charge in [0.25, 0.3) is 0 Å². The Bertz CT molecular complexity index is 346. The van der Waals surface area contributed by atoms with Crippen molar-refractivity contribution in [2.24, 2.45) is 0 Å². The van der Waals surface area contributed by atoms with Crippen LogP contribution < -0.4 is 5.32 Å². The van der Waals surface area contributed by atoms with Crippen LogP contribution in [0.3, 0.4) is 0 Å². The second-order valence-electron chi connectivity index (χ2n) is 3.14. The van der Waals surface area contributed by atoms with Gasteiger partial charge in [0.1, 0.15) is 5.82 Å². The van der Waals surface area contributed by atoms with E-state index in [1.165, 1.54) is 0 Å². The van der Waals surface area contributed by atoms with Gasteiger partial charge >= 0.3 is 5.97 Å². The number of hydrogen-bond acceptors (Lipinski definition) is 4. The van der Waals surface area contributed by atoms with Gasteiger partial charge in [0, 0.05) is 13.1 Å². The SMILES string of the molecule is CCOC(=O)c1ncn2c1NCCC2. The van der Waals surface area contributed by atoms with E-state index in [2.05, 4.69) is 10.3 Å². The summed E-state index contributed by atoms with van der Waals surface area (Å²) in [4.78, 5) is 15.5. The van der Waals surface area contributed by atoms with E-state index in [1.807, 2.05) is 4.57 Å². The smallest absolute Gasteiger partial charge is 0.360 e. The normalized spacial score (nSPS) is 14.4. The van der Waals surface area contributed by atoms with Crippen molar-refractivity contribution >= 4 is 11.8 Å². The molecule has 5 nitrogen and oxygen atoms in total. The maximum absolute atomic E-state index is 11.4. The highest BCUT2D eigenvalue weighted by Crippen LogP contribution is 2.19. The topological polar surface area (TPSA) is 56.1 Å². The maximum atomic E-state index is 11.4. The molecule has 0 unspecified atom stereocenters. The van der Waals surface area contributed by atoms with Gasteiger partial charge < -0.3 is 14.6 Å². The van der Waals surface area contributed by atoms with Gasteiger partial charge in [-0.25, -0.2) is 9.78 Å². The number of nitrogens with one attached hydrogen (secondary N) is 1. The highest BCUT2D eigenvalue weighted by molar-refractivity contribution is 5.92. The fourth-order valence-corrected chi connectivity index (χ4v) is 1.54. The molecule has 1 N–H and O–H groups in total. The monoisotopic (exact) mass is 195 g/mol. The molecule has 1 aliphatic rings. The summed E-state index contributed by atoms with van der Waals surface area (Å²) in [5, 5.41) is 3.15. The maximum Gasteiger partial charge on any atom is 0.360 e. The molecule has 0 atom stereocenters. The van der Waals surface area contributed by atoms with E-state index in [9.17, 15) is 4.79 Å². The summed E-state index contributed by atoms with van der Waals surface area (Å²) in [6.45, 7) is 3.96. The Morgan fingerprint density at radius 1 is 1.79 bits per heavy atom. The molecule has 0 aromatic carbocycles. The lowest BCUT2D eigenvalue weighted by Gasteiger charge is -2.16. The number of imidazole rings is 1. The first kappa shape index (κ1) is 9.05. The summed E-state index contributed by atoms with van der Waals surface area (Å²) in [5.41, 5.74) is 0.395. The zero-order valence-electron chi connectivity index (χ0n) is 8.12. The van der Waals surface area contributed by atoms with Gasteiger partial charge in [-0.15, -0.1) is 0 Å². The molecule has 0 saturated heterocycles. The van der Waals surface area contributed by atoms with Gasteiger partial charge in [0.05, 0.1) is 12.9 Å². The van der Waals surface area contributed by atoms with Crippen molar-refractivity contribution < 1.29 is 9.53 Å². The molecule has 0 bridgehead atoms. The Morgan fingerprint density at radius 2 is 2.64 bits per heavy atom. The molecule has 2 rings (SSSR count). The number of rotatable bonds is 2. The number of nitrogens with zero attached hydrogens (tertiary/aromatic N) is 2.